The number of nitrogens with one attached hydrogen (secondary N) is 2. The summed E-state index contributed by atoms with van der Waals surface area (Å²) in [7, 11) is 3.37. The first-order chi connectivity index (χ1) is 23.1. The molecular weight excluding hydrogens is 611 g/mol. The number of urea groups is 1. The molecule has 1 aliphatic heterocycles. The van der Waals surface area contributed by atoms with Gasteiger partial charge in [-0.3, -0.25) is 9.58 Å². The Balaban J connectivity index is 1.18. The van der Waals surface area contributed by atoms with E-state index >= 15 is 0 Å². The fourth-order valence-corrected chi connectivity index (χ4v) is 7.15. The molecule has 2 aromatic heterocycles. The number of fused-ring (bicyclic) bond motifs is 3. The number of ether oxygens (including phenoxy) is 3. The molecule has 9 nitrogen and oxygen atoms in total. The van der Waals surface area contributed by atoms with Gasteiger partial charge < -0.3 is 24.8 Å². The first-order valence-electron chi connectivity index (χ1n) is 16.0. The molecule has 242 valence electrons. The summed E-state index contributed by atoms with van der Waals surface area (Å²) in [5, 5.41) is 15.6. The van der Waals surface area contributed by atoms with E-state index in [0.29, 0.717) is 13.1 Å². The molecule has 2 aliphatic rings. The zero-order chi connectivity index (χ0) is 32.2. The molecule has 2 N–H and O–H groups in total. The summed E-state index contributed by atoms with van der Waals surface area (Å²) in [5.41, 5.74) is 10.1. The molecule has 0 unspecified atom stereocenters. The third-order valence-corrected chi connectivity index (χ3v) is 9.66. The standard InChI is InChI=1S/C37H39N5O4S/c1-44-30-8-4-26(5-9-30)35(27-6-10-31(45-2)11-7-27)42-36-32-12-3-25(23-39-37(43)38-14-15-41-16-18-46-19-17-41)21-29(32)22-33(36)34(40-42)28-13-20-47-24-28/h3-13,20-21,24,35H,14-19,22-23H2,1-2H3,(H2,38,39,43). The predicted octanol–water partition coefficient (Wildman–Crippen LogP) is 5.97. The molecule has 1 fully saturated rings. The van der Waals surface area contributed by atoms with Crippen LogP contribution >= 0.6 is 11.3 Å². The predicted molar refractivity (Wildman–Crippen MR) is 185 cm³/mol. The van der Waals surface area contributed by atoms with Gasteiger partial charge in [-0.05, 0) is 58.0 Å². The van der Waals surface area contributed by atoms with Gasteiger partial charge in [-0.15, -0.1) is 0 Å². The van der Waals surface area contributed by atoms with Crippen LogP contribution in [0.4, 0.5) is 4.79 Å². The number of benzene rings is 3. The third kappa shape index (κ3) is 6.62. The van der Waals surface area contributed by atoms with Crippen molar-refractivity contribution in [2.24, 2.45) is 0 Å². The average Bonchev–Trinajstić information content (AvgIpc) is 3.86. The molecule has 47 heavy (non-hydrogen) atoms. The van der Waals surface area contributed by atoms with Crippen LogP contribution in [0.25, 0.3) is 22.5 Å². The van der Waals surface area contributed by atoms with E-state index in [0.717, 1.165) is 84.4 Å². The molecule has 0 saturated carbocycles. The zero-order valence-corrected chi connectivity index (χ0v) is 27.5. The Bertz CT molecular complexity index is 1770. The van der Waals surface area contributed by atoms with E-state index in [4.69, 9.17) is 19.3 Å². The number of carbonyl (C=O) groups excluding carboxylic acids is 1. The van der Waals surface area contributed by atoms with Crippen molar-refractivity contribution >= 4 is 17.4 Å². The van der Waals surface area contributed by atoms with Crippen LogP contribution in [0.3, 0.4) is 0 Å². The van der Waals surface area contributed by atoms with Gasteiger partial charge in [0.25, 0.3) is 0 Å². The van der Waals surface area contributed by atoms with Crippen LogP contribution in [-0.4, -0.2) is 74.3 Å². The maximum atomic E-state index is 12.6. The van der Waals surface area contributed by atoms with Gasteiger partial charge >= 0.3 is 6.03 Å². The summed E-state index contributed by atoms with van der Waals surface area (Å²) in [6.07, 6.45) is 0.771. The van der Waals surface area contributed by atoms with Crippen molar-refractivity contribution in [2.75, 3.05) is 53.6 Å². The Morgan fingerprint density at radius 3 is 2.28 bits per heavy atom. The van der Waals surface area contributed by atoms with Crippen molar-refractivity contribution in [2.45, 2.75) is 19.0 Å². The van der Waals surface area contributed by atoms with E-state index in [1.54, 1.807) is 25.6 Å². The third-order valence-electron chi connectivity index (χ3n) is 8.97. The monoisotopic (exact) mass is 649 g/mol. The lowest BCUT2D eigenvalue weighted by molar-refractivity contribution is 0.0387. The van der Waals surface area contributed by atoms with E-state index in [2.05, 4.69) is 79.5 Å². The average molecular weight is 650 g/mol. The summed E-state index contributed by atoms with van der Waals surface area (Å²) in [6.45, 7) is 5.22. The fraction of sp³-hybridized carbons (Fsp3) is 0.297. The molecule has 0 radical (unpaired) electrons. The van der Waals surface area contributed by atoms with Crippen LogP contribution in [-0.2, 0) is 17.7 Å². The van der Waals surface area contributed by atoms with Crippen LogP contribution in [0.15, 0.2) is 83.6 Å². The van der Waals surface area contributed by atoms with Crippen molar-refractivity contribution in [1.82, 2.24) is 25.3 Å². The van der Waals surface area contributed by atoms with E-state index in [1.807, 2.05) is 24.3 Å². The van der Waals surface area contributed by atoms with Crippen LogP contribution in [0.1, 0.15) is 33.9 Å². The molecule has 2 amide bonds. The van der Waals surface area contributed by atoms with Crippen molar-refractivity contribution < 1.29 is 19.0 Å². The summed E-state index contributed by atoms with van der Waals surface area (Å²) >= 11 is 1.68. The highest BCUT2D eigenvalue weighted by molar-refractivity contribution is 7.08. The first kappa shape index (κ1) is 31.0. The number of hydrogen-bond acceptors (Lipinski definition) is 7. The molecule has 5 aromatic rings. The maximum Gasteiger partial charge on any atom is 0.315 e. The van der Waals surface area contributed by atoms with Crippen LogP contribution in [0.2, 0.25) is 0 Å². The number of nitrogens with zero attached hydrogens (tertiary/aromatic N) is 3. The summed E-state index contributed by atoms with van der Waals surface area (Å²) in [5.74, 6) is 1.62. The normalized spacial score (nSPS) is 14.1. The molecule has 10 heteroatoms. The van der Waals surface area contributed by atoms with Gasteiger partial charge in [0.05, 0.1) is 38.8 Å². The molecule has 1 aliphatic carbocycles. The Kier molecular flexibility index (Phi) is 9.23. The minimum atomic E-state index is -0.179. The van der Waals surface area contributed by atoms with Gasteiger partial charge in [-0.25, -0.2) is 4.79 Å². The van der Waals surface area contributed by atoms with E-state index < -0.39 is 0 Å². The molecule has 3 aromatic carbocycles. The summed E-state index contributed by atoms with van der Waals surface area (Å²) < 4.78 is 18.6. The lowest BCUT2D eigenvalue weighted by Crippen LogP contribution is -2.43. The van der Waals surface area contributed by atoms with Gasteiger partial charge in [-0.1, -0.05) is 42.5 Å². The van der Waals surface area contributed by atoms with E-state index in [9.17, 15) is 4.79 Å². The van der Waals surface area contributed by atoms with Gasteiger partial charge in [0.1, 0.15) is 17.5 Å². The molecular formula is C37H39N5O4S. The van der Waals surface area contributed by atoms with Gasteiger partial charge in [0, 0.05) is 61.2 Å². The van der Waals surface area contributed by atoms with Gasteiger partial charge in [0.2, 0.25) is 0 Å². The molecule has 0 bridgehead atoms. The smallest absolute Gasteiger partial charge is 0.315 e. The number of hydrogen-bond donors (Lipinski definition) is 2. The number of rotatable bonds is 11. The van der Waals surface area contributed by atoms with Crippen LogP contribution in [0.5, 0.6) is 11.5 Å². The highest BCUT2D eigenvalue weighted by Crippen LogP contribution is 2.45. The van der Waals surface area contributed by atoms with Crippen molar-refractivity contribution in [3.63, 3.8) is 0 Å². The minimum absolute atomic E-state index is 0.153. The SMILES string of the molecule is COc1ccc(C(c2ccc(OC)cc2)n2nc(-c3ccsc3)c3c2-c2ccc(CNC(=O)NCCN4CCOCC4)cc2C3)cc1. The minimum Gasteiger partial charge on any atom is -0.497 e. The van der Waals surface area contributed by atoms with Gasteiger partial charge in [0.15, 0.2) is 0 Å². The number of morpholine rings is 1. The quantitative estimate of drug-likeness (QED) is 0.180. The fourth-order valence-electron chi connectivity index (χ4n) is 6.51. The Labute approximate surface area is 279 Å². The number of thiophene rings is 1. The Hall–Kier alpha value is -4.64. The highest BCUT2D eigenvalue weighted by atomic mass is 32.1. The lowest BCUT2D eigenvalue weighted by atomic mass is 9.97. The molecule has 1 saturated heterocycles. The maximum absolute atomic E-state index is 12.6. The number of carbonyl (C=O) groups is 1. The highest BCUT2D eigenvalue weighted by Gasteiger charge is 2.32. The second-order valence-corrected chi connectivity index (χ2v) is 12.6. The topological polar surface area (TPSA) is 89.9 Å². The van der Waals surface area contributed by atoms with Crippen LogP contribution < -0.4 is 20.1 Å². The zero-order valence-electron chi connectivity index (χ0n) is 26.7. The second kappa shape index (κ2) is 14.0. The Morgan fingerprint density at radius 2 is 1.64 bits per heavy atom. The summed E-state index contributed by atoms with van der Waals surface area (Å²) in [4.78, 5) is 14.9. The molecule has 7 rings (SSSR count). The Morgan fingerprint density at radius 1 is 0.936 bits per heavy atom. The number of methoxy groups -OCH3 is 2. The second-order valence-electron chi connectivity index (χ2n) is 11.8. The van der Waals surface area contributed by atoms with E-state index in [1.165, 1.54) is 16.7 Å². The largest absolute Gasteiger partial charge is 0.497 e. The number of amides is 2. The molecule has 3 heterocycles. The number of aromatic nitrogens is 2. The van der Waals surface area contributed by atoms with Crippen LogP contribution in [0, 0.1) is 0 Å². The van der Waals surface area contributed by atoms with Crippen molar-refractivity contribution in [3.05, 3.63) is 111 Å². The van der Waals surface area contributed by atoms with E-state index in [-0.39, 0.29) is 12.1 Å². The van der Waals surface area contributed by atoms with Crippen molar-refractivity contribution in [3.8, 4) is 34.0 Å². The summed E-state index contributed by atoms with van der Waals surface area (Å²) in [6, 6.07) is 24.8. The van der Waals surface area contributed by atoms with Gasteiger partial charge in [-0.2, -0.15) is 16.4 Å². The lowest BCUT2D eigenvalue weighted by Gasteiger charge is -2.26. The first-order valence-corrected chi connectivity index (χ1v) is 16.9. The molecule has 0 spiro atoms. The molecule has 0 atom stereocenters. The van der Waals surface area contributed by atoms with Crippen molar-refractivity contribution in [1.29, 1.82) is 0 Å².